The van der Waals surface area contributed by atoms with E-state index in [9.17, 15) is 0 Å². The fourth-order valence-corrected chi connectivity index (χ4v) is 10.6. The van der Waals surface area contributed by atoms with Crippen LogP contribution in [0.5, 0.6) is 0 Å². The molecule has 3 aliphatic carbocycles. The molecule has 0 saturated heterocycles. The highest BCUT2D eigenvalue weighted by Gasteiger charge is 2.52. The van der Waals surface area contributed by atoms with Crippen LogP contribution in [-0.4, -0.2) is 0 Å². The molecule has 0 amide bonds. The van der Waals surface area contributed by atoms with Gasteiger partial charge in [0.1, 0.15) is 0 Å². The van der Waals surface area contributed by atoms with Crippen molar-refractivity contribution in [3.63, 3.8) is 0 Å². The quantitative estimate of drug-likeness (QED) is 0.173. The molecule has 0 radical (unpaired) electrons. The lowest BCUT2D eigenvalue weighted by Crippen LogP contribution is -2.27. The fraction of sp³-hybridized carbons (Fsp3) is 0.158. The molecule has 0 N–H and O–H groups in total. The van der Waals surface area contributed by atoms with E-state index in [1.165, 1.54) is 89.0 Å². The molecule has 58 heavy (non-hydrogen) atoms. The van der Waals surface area contributed by atoms with Gasteiger partial charge in [0.15, 0.2) is 0 Å². The molecular formula is C57H47N. The number of rotatable bonds is 4. The average molecular weight is 746 g/mol. The summed E-state index contributed by atoms with van der Waals surface area (Å²) in [6.07, 6.45) is 0. The van der Waals surface area contributed by atoms with Crippen molar-refractivity contribution in [3.05, 3.63) is 220 Å². The van der Waals surface area contributed by atoms with Gasteiger partial charge in [0, 0.05) is 22.4 Å². The third-order valence-electron chi connectivity index (χ3n) is 13.5. The predicted molar refractivity (Wildman–Crippen MR) is 244 cm³/mol. The minimum Gasteiger partial charge on any atom is -0.310 e. The van der Waals surface area contributed by atoms with Gasteiger partial charge in [-0.2, -0.15) is 0 Å². The summed E-state index contributed by atoms with van der Waals surface area (Å²) < 4.78 is 0. The van der Waals surface area contributed by atoms with Crippen LogP contribution in [0.1, 0.15) is 79.1 Å². The summed E-state index contributed by atoms with van der Waals surface area (Å²) >= 11 is 0. The first-order chi connectivity index (χ1) is 28.1. The lowest BCUT2D eigenvalue weighted by atomic mass is 9.69. The van der Waals surface area contributed by atoms with Gasteiger partial charge < -0.3 is 4.90 Å². The molecule has 0 bridgehead atoms. The van der Waals surface area contributed by atoms with Crippen LogP contribution in [0.2, 0.25) is 0 Å². The smallest absolute Gasteiger partial charge is 0.0726 e. The molecule has 3 aliphatic rings. The largest absolute Gasteiger partial charge is 0.310 e. The zero-order chi connectivity index (χ0) is 39.6. The van der Waals surface area contributed by atoms with Gasteiger partial charge in [0.05, 0.1) is 11.1 Å². The molecule has 8 aromatic rings. The molecule has 0 fully saturated rings. The Labute approximate surface area is 343 Å². The topological polar surface area (TPSA) is 3.24 Å². The van der Waals surface area contributed by atoms with Gasteiger partial charge in [-0.1, -0.05) is 186 Å². The molecular weight excluding hydrogens is 699 g/mol. The standard InChI is InChI=1S/C57H47N/c1-36-23-25-37(26-24-36)41-15-10-14-22-54(41)58(39-28-31-45-42-16-7-11-19-48(42)56(5,6)51(45)34-39)40-29-32-47-44-18-9-13-21-50(44)57(53(47)35-40)49-20-12-8-17-43(49)46-30-27-38(33-52(46)57)55(2,3)4/h7-35H,1-6H3. The molecule has 280 valence electrons. The van der Waals surface area contributed by atoms with E-state index in [0.29, 0.717) is 0 Å². The molecule has 1 nitrogen and oxygen atoms in total. The summed E-state index contributed by atoms with van der Waals surface area (Å²) in [5.41, 5.74) is 24.1. The Hall–Kier alpha value is -6.44. The monoisotopic (exact) mass is 745 g/mol. The van der Waals surface area contributed by atoms with E-state index in [2.05, 4.69) is 222 Å². The number of benzene rings is 8. The van der Waals surface area contributed by atoms with Gasteiger partial charge in [0.25, 0.3) is 0 Å². The molecule has 0 aliphatic heterocycles. The van der Waals surface area contributed by atoms with Crippen molar-refractivity contribution >= 4 is 17.1 Å². The van der Waals surface area contributed by atoms with Gasteiger partial charge in [-0.3, -0.25) is 0 Å². The SMILES string of the molecule is Cc1ccc(-c2ccccc2N(c2ccc3c(c2)C(C)(C)c2ccccc2-3)c2ccc3c(c2)C2(c4ccccc4-3)c3ccccc3-c3ccc(C(C)(C)C)cc32)cc1. The van der Waals surface area contributed by atoms with E-state index in [1.807, 2.05) is 0 Å². The van der Waals surface area contributed by atoms with E-state index in [1.54, 1.807) is 0 Å². The predicted octanol–water partition coefficient (Wildman–Crippen LogP) is 15.1. The van der Waals surface area contributed by atoms with Crippen molar-refractivity contribution in [2.24, 2.45) is 0 Å². The number of aryl methyl sites for hydroxylation is 1. The van der Waals surface area contributed by atoms with E-state index < -0.39 is 5.41 Å². The zero-order valence-corrected chi connectivity index (χ0v) is 34.2. The lowest BCUT2D eigenvalue weighted by molar-refractivity contribution is 0.588. The number of anilines is 3. The Morgan fingerprint density at radius 2 is 0.845 bits per heavy atom. The van der Waals surface area contributed by atoms with Crippen molar-refractivity contribution in [1.29, 1.82) is 0 Å². The molecule has 1 unspecified atom stereocenters. The number of hydrogen-bond donors (Lipinski definition) is 0. The average Bonchev–Trinajstić information content (AvgIpc) is 3.79. The van der Waals surface area contributed by atoms with Crippen LogP contribution in [0, 0.1) is 6.92 Å². The van der Waals surface area contributed by atoms with Gasteiger partial charge >= 0.3 is 0 Å². The summed E-state index contributed by atoms with van der Waals surface area (Å²) in [6, 6.07) is 66.9. The minimum absolute atomic E-state index is 0.00525. The van der Waals surface area contributed by atoms with E-state index >= 15 is 0 Å². The maximum Gasteiger partial charge on any atom is 0.0726 e. The summed E-state index contributed by atoms with van der Waals surface area (Å²) in [6.45, 7) is 13.9. The fourth-order valence-electron chi connectivity index (χ4n) is 10.6. The zero-order valence-electron chi connectivity index (χ0n) is 34.2. The molecule has 0 saturated carbocycles. The van der Waals surface area contributed by atoms with E-state index in [4.69, 9.17) is 0 Å². The molecule has 1 atom stereocenters. The Bertz CT molecular complexity index is 2960. The molecule has 8 aromatic carbocycles. The molecule has 0 aromatic heterocycles. The Morgan fingerprint density at radius 1 is 0.397 bits per heavy atom. The first-order valence-corrected chi connectivity index (χ1v) is 20.8. The third kappa shape index (κ3) is 4.77. The number of hydrogen-bond acceptors (Lipinski definition) is 1. The summed E-state index contributed by atoms with van der Waals surface area (Å²) in [5.74, 6) is 0. The Kier molecular flexibility index (Phi) is 7.36. The highest BCUT2D eigenvalue weighted by Crippen LogP contribution is 2.64. The van der Waals surface area contributed by atoms with E-state index in [0.717, 1.165) is 17.1 Å². The van der Waals surface area contributed by atoms with Crippen LogP contribution in [0.15, 0.2) is 176 Å². The first-order valence-electron chi connectivity index (χ1n) is 20.8. The molecule has 1 spiro atoms. The third-order valence-corrected chi connectivity index (χ3v) is 13.5. The normalized spacial score (nSPS) is 16.3. The Balaban J connectivity index is 1.20. The molecule has 0 heterocycles. The van der Waals surface area contributed by atoms with Gasteiger partial charge in [-0.15, -0.1) is 0 Å². The van der Waals surface area contributed by atoms with Crippen LogP contribution in [-0.2, 0) is 16.2 Å². The summed E-state index contributed by atoms with van der Waals surface area (Å²) in [7, 11) is 0. The second-order valence-electron chi connectivity index (χ2n) is 18.2. The summed E-state index contributed by atoms with van der Waals surface area (Å²) in [4.78, 5) is 2.53. The minimum atomic E-state index is -0.459. The summed E-state index contributed by atoms with van der Waals surface area (Å²) in [5, 5.41) is 0. The molecule has 11 rings (SSSR count). The van der Waals surface area contributed by atoms with Crippen molar-refractivity contribution in [2.45, 2.75) is 57.8 Å². The van der Waals surface area contributed by atoms with Crippen molar-refractivity contribution in [3.8, 4) is 44.5 Å². The van der Waals surface area contributed by atoms with Crippen molar-refractivity contribution in [2.75, 3.05) is 4.90 Å². The van der Waals surface area contributed by atoms with Crippen LogP contribution in [0.25, 0.3) is 44.5 Å². The number of nitrogens with zero attached hydrogens (tertiary/aromatic N) is 1. The van der Waals surface area contributed by atoms with Gasteiger partial charge in [-0.25, -0.2) is 0 Å². The molecule has 1 heteroatoms. The van der Waals surface area contributed by atoms with Crippen molar-refractivity contribution < 1.29 is 0 Å². The van der Waals surface area contributed by atoms with Crippen molar-refractivity contribution in [1.82, 2.24) is 0 Å². The highest BCUT2D eigenvalue weighted by atomic mass is 15.1. The van der Waals surface area contributed by atoms with Gasteiger partial charge in [0.2, 0.25) is 0 Å². The maximum absolute atomic E-state index is 2.53. The maximum atomic E-state index is 2.53. The van der Waals surface area contributed by atoms with Crippen LogP contribution >= 0.6 is 0 Å². The first kappa shape index (κ1) is 34.8. The number of fused-ring (bicyclic) bond motifs is 13. The van der Waals surface area contributed by atoms with Crippen LogP contribution < -0.4 is 4.90 Å². The lowest BCUT2D eigenvalue weighted by Gasteiger charge is -2.34. The van der Waals surface area contributed by atoms with Crippen LogP contribution in [0.3, 0.4) is 0 Å². The second kappa shape index (κ2) is 12.3. The Morgan fingerprint density at radius 3 is 1.45 bits per heavy atom. The highest BCUT2D eigenvalue weighted by molar-refractivity contribution is 5.97. The van der Waals surface area contributed by atoms with Gasteiger partial charge in [-0.05, 0) is 121 Å². The second-order valence-corrected chi connectivity index (χ2v) is 18.2. The number of para-hydroxylation sites is 1. The van der Waals surface area contributed by atoms with Crippen LogP contribution in [0.4, 0.5) is 17.1 Å². The van der Waals surface area contributed by atoms with E-state index in [-0.39, 0.29) is 10.8 Å².